The van der Waals surface area contributed by atoms with Gasteiger partial charge in [0.25, 0.3) is 0 Å². The number of methoxy groups -OCH3 is 1. The molecule has 0 unspecified atom stereocenters. The Morgan fingerprint density at radius 2 is 0.615 bits per heavy atom. The molecule has 2 heterocycles. The SMILES string of the molecule is COc1ccc(C)cc1[C@@H]1O[C@H](COCc2ccccc2)[C@@H](O[C@H]2O[C@H](COCc3ccccc3)[C@@H](OP(=O)(OCc3ccccc3)OCc3ccccc3)[C@H](OP(=O)(OCc3ccccc3)OCc3ccccc3)[C@H]2OCc2ccccc2)[C@H]1OP(=O)(OCc1ccccc1)OCc1ccccc1. The minimum Gasteiger partial charge on any atom is -0.496 e. The lowest BCUT2D eigenvalue weighted by Crippen LogP contribution is -2.62. The zero-order valence-electron chi connectivity index (χ0n) is 57.8. The van der Waals surface area contributed by atoms with E-state index in [1.54, 1.807) is 6.07 Å². The van der Waals surface area contributed by atoms with Crippen LogP contribution in [0.1, 0.15) is 67.3 Å². The lowest BCUT2D eigenvalue weighted by atomic mass is 9.97. The van der Waals surface area contributed by atoms with Crippen LogP contribution in [-0.2, 0) is 142 Å². The van der Waals surface area contributed by atoms with Crippen LogP contribution in [0.5, 0.6) is 5.75 Å². The monoisotopic (exact) mass is 1470 g/mol. The zero-order valence-corrected chi connectivity index (χ0v) is 60.5. The van der Waals surface area contributed by atoms with Gasteiger partial charge in [-0.15, -0.1) is 0 Å². The van der Waals surface area contributed by atoms with Gasteiger partial charge in [-0.1, -0.05) is 285 Å². The lowest BCUT2D eigenvalue weighted by Gasteiger charge is -2.47. The zero-order chi connectivity index (χ0) is 71.7. The average Bonchev–Trinajstić information content (AvgIpc) is 1.47. The Morgan fingerprint density at radius 3 is 0.952 bits per heavy atom. The molecule has 9 atom stereocenters. The third kappa shape index (κ3) is 22.3. The van der Waals surface area contributed by atoms with E-state index in [0.29, 0.717) is 50.3 Å². The fraction of sp³-hybridized carbons (Fsp3) is 0.268. The summed E-state index contributed by atoms with van der Waals surface area (Å²) in [7, 11) is -13.2. The molecule has 0 saturated carbocycles. The molecule has 0 aliphatic carbocycles. The second-order valence-electron chi connectivity index (χ2n) is 24.9. The van der Waals surface area contributed by atoms with E-state index in [2.05, 4.69) is 0 Å². The molecular formula is C82H85O19P3. The first-order chi connectivity index (χ1) is 50.9. The second kappa shape index (κ2) is 38.4. The van der Waals surface area contributed by atoms with Crippen LogP contribution in [0.2, 0.25) is 0 Å². The van der Waals surface area contributed by atoms with Gasteiger partial charge in [-0.3, -0.25) is 40.7 Å². The summed E-state index contributed by atoms with van der Waals surface area (Å²) in [4.78, 5) is 0. The van der Waals surface area contributed by atoms with Gasteiger partial charge in [0, 0.05) is 5.56 Å². The number of rotatable bonds is 39. The summed E-state index contributed by atoms with van der Waals surface area (Å²) in [6.07, 6.45) is -13.5. The van der Waals surface area contributed by atoms with E-state index in [9.17, 15) is 0 Å². The van der Waals surface area contributed by atoms with Crippen molar-refractivity contribution in [2.75, 3.05) is 20.3 Å². The smallest absolute Gasteiger partial charge is 0.475 e. The predicted octanol–water partition coefficient (Wildman–Crippen LogP) is 18.4. The van der Waals surface area contributed by atoms with Gasteiger partial charge in [0.2, 0.25) is 0 Å². The van der Waals surface area contributed by atoms with Gasteiger partial charge in [0.1, 0.15) is 54.6 Å². The normalized spacial score (nSPS) is 19.9. The maximum Gasteiger partial charge on any atom is 0.475 e. The molecule has 19 nitrogen and oxygen atoms in total. The second-order valence-corrected chi connectivity index (χ2v) is 29.7. The maximum absolute atomic E-state index is 16.5. The molecule has 0 amide bonds. The largest absolute Gasteiger partial charge is 0.496 e. The van der Waals surface area contributed by atoms with Gasteiger partial charge < -0.3 is 33.2 Å². The number of phosphoric ester groups is 3. The summed E-state index contributed by atoms with van der Waals surface area (Å²) in [5, 5.41) is 0. The third-order valence-corrected chi connectivity index (χ3v) is 21.3. The van der Waals surface area contributed by atoms with Gasteiger partial charge in [-0.2, -0.15) is 0 Å². The van der Waals surface area contributed by atoms with Gasteiger partial charge in [0.15, 0.2) is 6.29 Å². The molecular weight excluding hydrogens is 1380 g/mol. The molecule has 22 heteroatoms. The van der Waals surface area contributed by atoms with Crippen LogP contribution in [0.4, 0.5) is 0 Å². The van der Waals surface area contributed by atoms with Crippen LogP contribution in [0.25, 0.3) is 0 Å². The summed E-state index contributed by atoms with van der Waals surface area (Å²) in [6.45, 7) is -0.0540. The molecule has 2 saturated heterocycles. The Kier molecular flexibility index (Phi) is 28.0. The van der Waals surface area contributed by atoms with Crippen molar-refractivity contribution < 1.29 is 87.6 Å². The van der Waals surface area contributed by atoms with Crippen molar-refractivity contribution in [2.45, 2.75) is 122 Å². The highest BCUT2D eigenvalue weighted by Gasteiger charge is 2.59. The molecule has 0 N–H and O–H groups in total. The van der Waals surface area contributed by atoms with Crippen molar-refractivity contribution in [1.82, 2.24) is 0 Å². The number of hydrogen-bond donors (Lipinski definition) is 0. The van der Waals surface area contributed by atoms with Crippen molar-refractivity contribution in [3.05, 3.63) is 352 Å². The highest BCUT2D eigenvalue weighted by molar-refractivity contribution is 7.49. The van der Waals surface area contributed by atoms with Crippen molar-refractivity contribution >= 4 is 23.5 Å². The molecule has 104 heavy (non-hydrogen) atoms. The van der Waals surface area contributed by atoms with Crippen LogP contribution >= 0.6 is 23.5 Å². The van der Waals surface area contributed by atoms with Gasteiger partial charge in [-0.25, -0.2) is 13.7 Å². The van der Waals surface area contributed by atoms with Gasteiger partial charge >= 0.3 is 23.5 Å². The first-order valence-electron chi connectivity index (χ1n) is 34.4. The van der Waals surface area contributed by atoms with Crippen LogP contribution in [-0.4, -0.2) is 69.3 Å². The fourth-order valence-corrected chi connectivity index (χ4v) is 15.8. The molecule has 0 spiro atoms. The number of ether oxygens (including phenoxy) is 7. The van der Waals surface area contributed by atoms with Crippen LogP contribution in [0.15, 0.2) is 291 Å². The summed E-state index contributed by atoms with van der Waals surface area (Å²) in [5.74, 6) is 0.404. The summed E-state index contributed by atoms with van der Waals surface area (Å²) in [6, 6.07) is 88.9. The van der Waals surface area contributed by atoms with Gasteiger partial charge in [-0.05, 0) is 69.1 Å². The van der Waals surface area contributed by atoms with Crippen LogP contribution in [0, 0.1) is 6.92 Å². The number of phosphoric acid groups is 3. The Bertz CT molecular complexity index is 4160. The van der Waals surface area contributed by atoms with E-state index in [0.717, 1.165) is 16.7 Å². The van der Waals surface area contributed by atoms with Crippen molar-refractivity contribution in [3.63, 3.8) is 0 Å². The molecule has 2 aliphatic rings. The van der Waals surface area contributed by atoms with Crippen molar-refractivity contribution in [2.24, 2.45) is 0 Å². The molecule has 0 radical (unpaired) electrons. The highest BCUT2D eigenvalue weighted by Crippen LogP contribution is 2.60. The molecule has 0 aromatic heterocycles. The van der Waals surface area contributed by atoms with E-state index in [1.165, 1.54) is 7.11 Å². The Balaban J connectivity index is 1.03. The fourth-order valence-electron chi connectivity index (χ4n) is 11.8. The van der Waals surface area contributed by atoms with Crippen molar-refractivity contribution in [3.8, 4) is 5.75 Å². The lowest BCUT2D eigenvalue weighted by molar-refractivity contribution is -0.325. The first kappa shape index (κ1) is 75.8. The van der Waals surface area contributed by atoms with E-state index >= 15 is 13.7 Å². The summed E-state index contributed by atoms with van der Waals surface area (Å²) < 4.78 is 158. The molecule has 2 fully saturated rings. The minimum atomic E-state index is -5.01. The number of hydrogen-bond acceptors (Lipinski definition) is 19. The Morgan fingerprint density at radius 1 is 0.317 bits per heavy atom. The standard InChI is InChI=1S/C82H85O19P3/c1-62-48-49-73(86-2)72(50-62)76-79(100-103(84,92-56-68-40-22-8-23-41-68)93-57-69-42-24-9-25-43-69)77(74(96-76)60-87-51-63-30-12-3-13-31-63)98-82-81(89-53-65-34-16-5-17-35-65)80(101-104(85,94-58-70-44-26-10-27-45-70)95-59-71-46-28-11-29-47-71)78(75(97-82)61-88-52-64-32-14-4-15-33-64)99-102(83,90-54-66-36-18-6-19-37-66)91-55-67-38-20-7-21-39-67/h3-50,74-82H,51-61H2,1-2H3/t74-,75-,76+,77-,78-,79+,80+,81-,82-/m1/s1. The molecule has 10 aromatic rings. The first-order valence-corrected chi connectivity index (χ1v) is 38.8. The minimum absolute atomic E-state index is 0.0401. The molecule has 542 valence electrons. The number of benzene rings is 10. The van der Waals surface area contributed by atoms with E-state index in [1.807, 2.05) is 292 Å². The molecule has 10 aromatic carbocycles. The van der Waals surface area contributed by atoms with Crippen molar-refractivity contribution in [1.29, 1.82) is 0 Å². The quantitative estimate of drug-likeness (QED) is 0.0329. The average molecular weight is 1470 g/mol. The van der Waals surface area contributed by atoms with E-state index in [4.69, 9.17) is 73.9 Å². The molecule has 2 aliphatic heterocycles. The highest BCUT2D eigenvalue weighted by atomic mass is 31.2. The van der Waals surface area contributed by atoms with Crippen LogP contribution < -0.4 is 4.74 Å². The summed E-state index contributed by atoms with van der Waals surface area (Å²) >= 11 is 0. The maximum atomic E-state index is 16.5. The molecule has 12 rings (SSSR count). The van der Waals surface area contributed by atoms with E-state index < -0.39 is 78.6 Å². The Labute approximate surface area is 607 Å². The Hall–Kier alpha value is -7.91. The van der Waals surface area contributed by atoms with Gasteiger partial charge in [0.05, 0.1) is 79.8 Å². The summed E-state index contributed by atoms with van der Waals surface area (Å²) in [5.41, 5.74) is 7.55. The predicted molar refractivity (Wildman–Crippen MR) is 391 cm³/mol. The molecule has 0 bridgehead atoms. The van der Waals surface area contributed by atoms with E-state index in [-0.39, 0.29) is 72.7 Å². The van der Waals surface area contributed by atoms with Crippen LogP contribution in [0.3, 0.4) is 0 Å². The number of aryl methyl sites for hydroxylation is 1. The third-order valence-electron chi connectivity index (χ3n) is 17.1. The topological polar surface area (TPSA) is 199 Å².